The van der Waals surface area contributed by atoms with E-state index in [1.54, 1.807) is 6.92 Å². The normalized spacial score (nSPS) is 13.6. The summed E-state index contributed by atoms with van der Waals surface area (Å²) in [7, 11) is -2.23. The third-order valence-corrected chi connectivity index (χ3v) is 5.63. The molecule has 0 aliphatic carbocycles. The predicted octanol–water partition coefficient (Wildman–Crippen LogP) is 2.15. The van der Waals surface area contributed by atoms with Gasteiger partial charge in [-0.15, -0.1) is 0 Å². The molecule has 1 unspecified atom stereocenters. The van der Waals surface area contributed by atoms with Crippen molar-refractivity contribution in [1.29, 1.82) is 0 Å². The number of ether oxygens (including phenoxy) is 1. The zero-order valence-electron chi connectivity index (χ0n) is 12.9. The van der Waals surface area contributed by atoms with E-state index in [-0.39, 0.29) is 23.2 Å². The van der Waals surface area contributed by atoms with Crippen molar-refractivity contribution in [3.05, 3.63) is 23.5 Å². The molecular weight excluding hydrogens is 295 g/mol. The predicted molar refractivity (Wildman–Crippen MR) is 81.1 cm³/mol. The number of nitrogens with zero attached hydrogens (tertiary/aromatic N) is 1. The van der Waals surface area contributed by atoms with Crippen LogP contribution in [0.4, 0.5) is 10.1 Å². The molecule has 1 rings (SSSR count). The van der Waals surface area contributed by atoms with Crippen molar-refractivity contribution >= 4 is 15.7 Å². The van der Waals surface area contributed by atoms with Gasteiger partial charge < -0.3 is 10.5 Å². The highest BCUT2D eigenvalue weighted by Crippen LogP contribution is 2.26. The summed E-state index contributed by atoms with van der Waals surface area (Å²) in [6, 6.07) is 2.14. The van der Waals surface area contributed by atoms with Gasteiger partial charge in [0.15, 0.2) is 0 Å². The first-order chi connectivity index (χ1) is 9.75. The fourth-order valence-corrected chi connectivity index (χ4v) is 3.97. The lowest BCUT2D eigenvalue weighted by Gasteiger charge is -2.28. The molecule has 7 heteroatoms. The maximum atomic E-state index is 13.4. The minimum atomic E-state index is -3.75. The second kappa shape index (κ2) is 7.20. The molecule has 0 aliphatic rings. The SMILES string of the molecule is CCC(C)N(CCOC)S(=O)(=O)c1cc(N)c(F)cc1C. The van der Waals surface area contributed by atoms with Crippen molar-refractivity contribution in [3.8, 4) is 0 Å². The molecule has 0 spiro atoms. The number of sulfonamides is 1. The maximum Gasteiger partial charge on any atom is 0.243 e. The highest BCUT2D eigenvalue weighted by atomic mass is 32.2. The molecule has 5 nitrogen and oxygen atoms in total. The Bertz CT molecular complexity index is 590. The van der Waals surface area contributed by atoms with Crippen molar-refractivity contribution < 1.29 is 17.5 Å². The van der Waals surface area contributed by atoms with Crippen molar-refractivity contribution in [1.82, 2.24) is 4.31 Å². The zero-order chi connectivity index (χ0) is 16.2. The highest BCUT2D eigenvalue weighted by molar-refractivity contribution is 7.89. The van der Waals surface area contributed by atoms with E-state index in [9.17, 15) is 12.8 Å². The molecule has 0 aromatic heterocycles. The van der Waals surface area contributed by atoms with Crippen LogP contribution in [0.15, 0.2) is 17.0 Å². The summed E-state index contributed by atoms with van der Waals surface area (Å²) in [4.78, 5) is 0.0396. The van der Waals surface area contributed by atoms with Gasteiger partial charge in [0, 0.05) is 19.7 Å². The van der Waals surface area contributed by atoms with E-state index in [4.69, 9.17) is 10.5 Å². The number of hydrogen-bond acceptors (Lipinski definition) is 4. The third kappa shape index (κ3) is 3.93. The Kier molecular flexibility index (Phi) is 6.12. The van der Waals surface area contributed by atoms with Crippen LogP contribution >= 0.6 is 0 Å². The van der Waals surface area contributed by atoms with Gasteiger partial charge in [0.05, 0.1) is 17.2 Å². The topological polar surface area (TPSA) is 72.6 Å². The number of nitrogen functional groups attached to an aromatic ring is 1. The van der Waals surface area contributed by atoms with Gasteiger partial charge in [0.25, 0.3) is 0 Å². The monoisotopic (exact) mass is 318 g/mol. The molecule has 2 N–H and O–H groups in total. The molecule has 21 heavy (non-hydrogen) atoms. The minimum absolute atomic E-state index is 0.0396. The van der Waals surface area contributed by atoms with Gasteiger partial charge in [-0.1, -0.05) is 6.92 Å². The van der Waals surface area contributed by atoms with Crippen molar-refractivity contribution in [2.45, 2.75) is 38.1 Å². The van der Waals surface area contributed by atoms with E-state index in [2.05, 4.69) is 0 Å². The first-order valence-electron chi connectivity index (χ1n) is 6.82. The Morgan fingerprint density at radius 2 is 2.05 bits per heavy atom. The first-order valence-corrected chi connectivity index (χ1v) is 8.26. The number of aryl methyl sites for hydroxylation is 1. The minimum Gasteiger partial charge on any atom is -0.396 e. The summed E-state index contributed by atoms with van der Waals surface area (Å²) in [5, 5.41) is 0. The van der Waals surface area contributed by atoms with E-state index in [0.29, 0.717) is 18.6 Å². The van der Waals surface area contributed by atoms with Crippen LogP contribution in [0.25, 0.3) is 0 Å². The Hall–Kier alpha value is -1.18. The van der Waals surface area contributed by atoms with Crippen LogP contribution < -0.4 is 5.73 Å². The fourth-order valence-electron chi connectivity index (χ4n) is 2.04. The van der Waals surface area contributed by atoms with Gasteiger partial charge in [-0.2, -0.15) is 4.31 Å². The average Bonchev–Trinajstić information content (AvgIpc) is 2.42. The van der Waals surface area contributed by atoms with Gasteiger partial charge in [0.2, 0.25) is 10.0 Å². The molecule has 0 saturated carbocycles. The van der Waals surface area contributed by atoms with Crippen LogP contribution in [-0.2, 0) is 14.8 Å². The summed E-state index contributed by atoms with van der Waals surface area (Å²) >= 11 is 0. The summed E-state index contributed by atoms with van der Waals surface area (Å²) in [6.07, 6.45) is 0.665. The van der Waals surface area contributed by atoms with Crippen molar-refractivity contribution in [2.24, 2.45) is 0 Å². The van der Waals surface area contributed by atoms with E-state index in [1.807, 2.05) is 13.8 Å². The van der Waals surface area contributed by atoms with E-state index in [1.165, 1.54) is 17.5 Å². The van der Waals surface area contributed by atoms with E-state index < -0.39 is 15.8 Å². The van der Waals surface area contributed by atoms with Gasteiger partial charge in [0.1, 0.15) is 5.82 Å². The first kappa shape index (κ1) is 17.9. The number of rotatable bonds is 7. The average molecular weight is 318 g/mol. The number of anilines is 1. The molecular formula is C14H23FN2O3S. The molecule has 1 aromatic rings. The summed E-state index contributed by atoms with van der Waals surface area (Å²) in [5.74, 6) is -0.613. The van der Waals surface area contributed by atoms with Crippen LogP contribution in [-0.4, -0.2) is 39.0 Å². The Balaban J connectivity index is 3.31. The summed E-state index contributed by atoms with van der Waals surface area (Å²) < 4.78 is 45.4. The van der Waals surface area contributed by atoms with Gasteiger partial charge >= 0.3 is 0 Å². The van der Waals surface area contributed by atoms with E-state index >= 15 is 0 Å². The lowest BCUT2D eigenvalue weighted by molar-refractivity contribution is 0.167. The van der Waals surface area contributed by atoms with E-state index in [0.717, 1.165) is 6.07 Å². The Labute approximate surface area is 125 Å². The molecule has 1 atom stereocenters. The number of hydrogen-bond donors (Lipinski definition) is 1. The second-order valence-corrected chi connectivity index (χ2v) is 6.86. The van der Waals surface area contributed by atoms with Crippen LogP contribution in [0.1, 0.15) is 25.8 Å². The largest absolute Gasteiger partial charge is 0.396 e. The quantitative estimate of drug-likeness (QED) is 0.782. The lowest BCUT2D eigenvalue weighted by atomic mass is 10.2. The van der Waals surface area contributed by atoms with Gasteiger partial charge in [-0.25, -0.2) is 12.8 Å². The Morgan fingerprint density at radius 3 is 2.57 bits per heavy atom. The Morgan fingerprint density at radius 1 is 1.43 bits per heavy atom. The van der Waals surface area contributed by atoms with Crippen molar-refractivity contribution in [3.63, 3.8) is 0 Å². The fraction of sp³-hybridized carbons (Fsp3) is 0.571. The van der Waals surface area contributed by atoms with Crippen LogP contribution in [0.2, 0.25) is 0 Å². The molecule has 1 aromatic carbocycles. The second-order valence-electron chi connectivity index (χ2n) is 5.01. The van der Waals surface area contributed by atoms with Crippen LogP contribution in [0, 0.1) is 12.7 Å². The number of nitrogens with two attached hydrogens (primary N) is 1. The maximum absolute atomic E-state index is 13.4. The number of benzene rings is 1. The summed E-state index contributed by atoms with van der Waals surface area (Å²) in [6.45, 7) is 5.83. The molecule has 0 fully saturated rings. The van der Waals surface area contributed by atoms with Crippen LogP contribution in [0.5, 0.6) is 0 Å². The smallest absolute Gasteiger partial charge is 0.243 e. The van der Waals surface area contributed by atoms with Gasteiger partial charge in [-0.05, 0) is 38.0 Å². The number of methoxy groups -OCH3 is 1. The molecule has 0 aliphatic heterocycles. The zero-order valence-corrected chi connectivity index (χ0v) is 13.7. The van der Waals surface area contributed by atoms with Crippen molar-refractivity contribution in [2.75, 3.05) is 26.0 Å². The number of halogens is 1. The molecule has 0 heterocycles. The standard InChI is InChI=1S/C14H23FN2O3S/c1-5-11(3)17(6-7-20-4)21(18,19)14-9-13(16)12(15)8-10(14)2/h8-9,11H,5-7,16H2,1-4H3. The lowest BCUT2D eigenvalue weighted by Crippen LogP contribution is -2.40. The molecule has 0 amide bonds. The van der Waals surface area contributed by atoms with Crippen LogP contribution in [0.3, 0.4) is 0 Å². The molecule has 0 saturated heterocycles. The third-order valence-electron chi connectivity index (χ3n) is 3.48. The molecule has 0 radical (unpaired) electrons. The van der Waals surface area contributed by atoms with Gasteiger partial charge in [-0.3, -0.25) is 0 Å². The summed E-state index contributed by atoms with van der Waals surface area (Å²) in [5.41, 5.74) is 5.68. The highest BCUT2D eigenvalue weighted by Gasteiger charge is 2.30. The molecule has 0 bridgehead atoms. The molecule has 120 valence electrons.